The Bertz CT molecular complexity index is 889. The van der Waals surface area contributed by atoms with E-state index in [-0.39, 0.29) is 35.6 Å². The van der Waals surface area contributed by atoms with Crippen molar-refractivity contribution in [3.05, 3.63) is 47.1 Å². The lowest BCUT2D eigenvalue weighted by Gasteiger charge is -2.25. The van der Waals surface area contributed by atoms with E-state index in [1.54, 1.807) is 0 Å². The molecule has 2 atom stereocenters. The molecule has 2 amide bonds. The number of benzene rings is 1. The van der Waals surface area contributed by atoms with Gasteiger partial charge in [0.2, 0.25) is 11.8 Å². The molecule has 0 spiro atoms. The Morgan fingerprint density at radius 3 is 2.85 bits per heavy atom. The van der Waals surface area contributed by atoms with Crippen molar-refractivity contribution in [2.45, 2.75) is 56.5 Å². The van der Waals surface area contributed by atoms with Crippen LogP contribution in [0.5, 0.6) is 0 Å². The zero-order chi connectivity index (χ0) is 18.4. The summed E-state index contributed by atoms with van der Waals surface area (Å²) in [5, 5.41) is 6.69. The normalized spacial score (nSPS) is 24.1. The van der Waals surface area contributed by atoms with Crippen molar-refractivity contribution in [2.75, 3.05) is 6.54 Å². The summed E-state index contributed by atoms with van der Waals surface area (Å²) < 4.78 is 5.37. The lowest BCUT2D eigenvalue weighted by atomic mass is 9.99. The second-order valence-electron chi connectivity index (χ2n) is 7.68. The maximum absolute atomic E-state index is 13.2. The highest BCUT2D eigenvalue weighted by molar-refractivity contribution is 5.90. The lowest BCUT2D eigenvalue weighted by molar-refractivity contribution is -0.134. The van der Waals surface area contributed by atoms with Crippen LogP contribution in [0.1, 0.15) is 71.7 Å². The number of hydrogen-bond donors (Lipinski definition) is 1. The molecule has 7 nitrogen and oxygen atoms in total. The van der Waals surface area contributed by atoms with Gasteiger partial charge in [0.1, 0.15) is 6.04 Å². The summed E-state index contributed by atoms with van der Waals surface area (Å²) in [7, 11) is 0. The first-order valence-electron chi connectivity index (χ1n) is 9.73. The third-order valence-electron chi connectivity index (χ3n) is 5.81. The second kappa shape index (κ2) is 6.48. The topological polar surface area (TPSA) is 88.3 Å². The molecule has 1 N–H and O–H groups in total. The number of fused-ring (bicyclic) bond motifs is 1. The van der Waals surface area contributed by atoms with E-state index in [1.165, 1.54) is 5.56 Å². The molecule has 1 aliphatic heterocycles. The molecular formula is C20H22N4O3. The average Bonchev–Trinajstić information content (AvgIpc) is 3.12. The van der Waals surface area contributed by atoms with E-state index >= 15 is 0 Å². The van der Waals surface area contributed by atoms with E-state index in [1.807, 2.05) is 17.0 Å². The monoisotopic (exact) mass is 366 g/mol. The van der Waals surface area contributed by atoms with Crippen molar-refractivity contribution in [3.8, 4) is 0 Å². The molecule has 1 aromatic heterocycles. The van der Waals surface area contributed by atoms with Crippen molar-refractivity contribution >= 4 is 11.8 Å². The Balaban J connectivity index is 1.34. The van der Waals surface area contributed by atoms with Crippen molar-refractivity contribution in [1.29, 1.82) is 0 Å². The van der Waals surface area contributed by atoms with E-state index < -0.39 is 0 Å². The van der Waals surface area contributed by atoms with E-state index in [0.717, 1.165) is 44.1 Å². The number of aryl methyl sites for hydroxylation is 1. The van der Waals surface area contributed by atoms with Gasteiger partial charge in [0.05, 0.1) is 5.92 Å². The summed E-state index contributed by atoms with van der Waals surface area (Å²) in [6.07, 6.45) is 5.48. The van der Waals surface area contributed by atoms with Gasteiger partial charge in [-0.1, -0.05) is 29.4 Å². The van der Waals surface area contributed by atoms with Gasteiger partial charge in [0.15, 0.2) is 0 Å². The minimum Gasteiger partial charge on any atom is -0.346 e. The van der Waals surface area contributed by atoms with Crippen molar-refractivity contribution in [2.24, 2.45) is 0 Å². The van der Waals surface area contributed by atoms with Crippen LogP contribution in [0.15, 0.2) is 28.8 Å². The fourth-order valence-corrected chi connectivity index (χ4v) is 4.24. The third-order valence-corrected chi connectivity index (χ3v) is 5.81. The Morgan fingerprint density at radius 1 is 1.15 bits per heavy atom. The summed E-state index contributed by atoms with van der Waals surface area (Å²) in [4.78, 5) is 31.5. The van der Waals surface area contributed by atoms with Crippen LogP contribution in [0, 0.1) is 0 Å². The highest BCUT2D eigenvalue weighted by Gasteiger charge is 2.39. The van der Waals surface area contributed by atoms with Crippen molar-refractivity contribution < 1.29 is 14.1 Å². The number of amides is 2. The van der Waals surface area contributed by atoms with Gasteiger partial charge >= 0.3 is 0 Å². The van der Waals surface area contributed by atoms with Crippen molar-refractivity contribution in [3.63, 3.8) is 0 Å². The molecule has 1 aromatic carbocycles. The van der Waals surface area contributed by atoms with Gasteiger partial charge in [-0.3, -0.25) is 9.59 Å². The minimum atomic E-state index is -0.298. The number of nitrogens with one attached hydrogen (secondary N) is 1. The van der Waals surface area contributed by atoms with Crippen LogP contribution >= 0.6 is 0 Å². The van der Waals surface area contributed by atoms with E-state index in [4.69, 9.17) is 4.52 Å². The molecule has 2 aliphatic carbocycles. The minimum absolute atomic E-state index is 0.0578. The molecule has 2 aromatic rings. The van der Waals surface area contributed by atoms with Gasteiger partial charge in [-0.15, -0.1) is 0 Å². The number of nitrogens with zero attached hydrogens (tertiary/aromatic N) is 3. The largest absolute Gasteiger partial charge is 0.346 e. The molecule has 2 heterocycles. The molecule has 27 heavy (non-hydrogen) atoms. The van der Waals surface area contributed by atoms with Crippen LogP contribution in [0.4, 0.5) is 0 Å². The third kappa shape index (κ3) is 3.01. The molecular weight excluding hydrogens is 344 g/mol. The summed E-state index contributed by atoms with van der Waals surface area (Å²) in [6.45, 7) is 0.689. The van der Waals surface area contributed by atoms with Gasteiger partial charge in [0, 0.05) is 12.6 Å². The lowest BCUT2D eigenvalue weighted by Crippen LogP contribution is -2.34. The molecule has 3 aliphatic rings. The van der Waals surface area contributed by atoms with E-state index in [9.17, 15) is 9.59 Å². The number of carbonyl (C=O) groups is 2. The quantitative estimate of drug-likeness (QED) is 0.897. The average molecular weight is 366 g/mol. The molecule has 5 rings (SSSR count). The van der Waals surface area contributed by atoms with Gasteiger partial charge in [0.25, 0.3) is 11.7 Å². The Hall–Kier alpha value is -2.70. The van der Waals surface area contributed by atoms with Gasteiger partial charge in [-0.05, 0) is 49.7 Å². The van der Waals surface area contributed by atoms with Crippen LogP contribution in [0.25, 0.3) is 0 Å². The number of hydrogen-bond acceptors (Lipinski definition) is 5. The molecule has 7 heteroatoms. The van der Waals surface area contributed by atoms with Crippen LogP contribution in [-0.4, -0.2) is 39.4 Å². The first-order valence-corrected chi connectivity index (χ1v) is 9.73. The smallest absolute Gasteiger partial charge is 0.292 e. The number of carbonyl (C=O) groups excluding carboxylic acids is 2. The molecule has 1 saturated heterocycles. The zero-order valence-corrected chi connectivity index (χ0v) is 15.1. The van der Waals surface area contributed by atoms with E-state index in [0.29, 0.717) is 12.4 Å². The van der Waals surface area contributed by atoms with E-state index in [2.05, 4.69) is 27.6 Å². The molecule has 0 bridgehead atoms. The van der Waals surface area contributed by atoms with Gasteiger partial charge < -0.3 is 14.7 Å². The molecule has 2 fully saturated rings. The zero-order valence-electron chi connectivity index (χ0n) is 15.1. The fourth-order valence-electron chi connectivity index (χ4n) is 4.24. The Labute approximate surface area is 157 Å². The maximum atomic E-state index is 13.2. The summed E-state index contributed by atoms with van der Waals surface area (Å²) >= 11 is 0. The highest BCUT2D eigenvalue weighted by atomic mass is 16.5. The number of rotatable bonds is 4. The number of likely N-dealkylation sites (tertiary alicyclic amines) is 1. The Kier molecular flexibility index (Phi) is 3.95. The summed E-state index contributed by atoms with van der Waals surface area (Å²) in [6, 6.07) is 8.19. The predicted molar refractivity (Wildman–Crippen MR) is 96.0 cm³/mol. The first kappa shape index (κ1) is 16.5. The van der Waals surface area contributed by atoms with Crippen LogP contribution in [-0.2, 0) is 11.2 Å². The van der Waals surface area contributed by atoms with Gasteiger partial charge in [-0.25, -0.2) is 0 Å². The first-order chi connectivity index (χ1) is 13.2. The molecule has 2 unspecified atom stereocenters. The predicted octanol–water partition coefficient (Wildman–Crippen LogP) is 2.36. The van der Waals surface area contributed by atoms with Crippen LogP contribution in [0.3, 0.4) is 0 Å². The maximum Gasteiger partial charge on any atom is 0.292 e. The highest BCUT2D eigenvalue weighted by Crippen LogP contribution is 2.39. The summed E-state index contributed by atoms with van der Waals surface area (Å²) in [5.41, 5.74) is 2.41. The second-order valence-corrected chi connectivity index (χ2v) is 7.68. The number of aromatic nitrogens is 2. The van der Waals surface area contributed by atoms with Crippen LogP contribution in [0.2, 0.25) is 0 Å². The standard InChI is InChI=1S/C20H22N4O3/c25-18(21-13-8-9-13)17-22-19(27-23-17)16-6-3-11-24(16)20(26)15-10-7-12-4-1-2-5-14(12)15/h1-2,4-5,13,15-16H,3,6-11H2,(H,21,25). The van der Waals surface area contributed by atoms with Crippen molar-refractivity contribution in [1.82, 2.24) is 20.4 Å². The molecule has 1 saturated carbocycles. The molecule has 140 valence electrons. The molecule has 0 radical (unpaired) electrons. The fraction of sp³-hybridized carbons (Fsp3) is 0.500. The summed E-state index contributed by atoms with van der Waals surface area (Å²) in [5.74, 6) is 0.163. The van der Waals surface area contributed by atoms with Crippen LogP contribution < -0.4 is 5.32 Å². The SMILES string of the molecule is O=C(NC1CC1)c1noc(C2CCCN2C(=O)C2CCc3ccccc32)n1. The Morgan fingerprint density at radius 2 is 2.00 bits per heavy atom. The van der Waals surface area contributed by atoms with Gasteiger partial charge in [-0.2, -0.15) is 4.98 Å².